The zero-order valence-electron chi connectivity index (χ0n) is 17.5. The van der Waals surface area contributed by atoms with Gasteiger partial charge >= 0.3 is 0 Å². The van der Waals surface area contributed by atoms with Gasteiger partial charge in [0.15, 0.2) is 0 Å². The Kier molecular flexibility index (Phi) is 14.3. The Hall–Kier alpha value is -0.430. The maximum absolute atomic E-state index is 10.4. The van der Waals surface area contributed by atoms with Crippen LogP contribution in [0.15, 0.2) is 29.2 Å². The minimum Gasteiger partial charge on any atom is -0.744 e. The average Bonchev–Trinajstić information content (AvgIpc) is 2.63. The first-order valence-corrected chi connectivity index (χ1v) is 12.6. The molecule has 0 bridgehead atoms. The minimum absolute atomic E-state index is 0.178. The number of benzene rings is 1. The van der Waals surface area contributed by atoms with Crippen LogP contribution >= 0.6 is 15.9 Å². The fourth-order valence-corrected chi connectivity index (χ4v) is 3.75. The zero-order valence-corrected chi connectivity index (χ0v) is 19.9. The van der Waals surface area contributed by atoms with Crippen molar-refractivity contribution in [2.75, 3.05) is 25.6 Å². The number of quaternary nitrogens is 1. The number of unbranched alkanes of at least 4 members (excludes halogenated alkanes) is 6. The molecule has 0 spiro atoms. The van der Waals surface area contributed by atoms with E-state index in [1.165, 1.54) is 81.1 Å². The lowest BCUT2D eigenvalue weighted by Gasteiger charge is -2.32. The molecule has 4 nitrogen and oxygen atoms in total. The van der Waals surface area contributed by atoms with Crippen molar-refractivity contribution < 1.29 is 17.5 Å². The first-order valence-electron chi connectivity index (χ1n) is 10.1. The normalized spacial score (nSPS) is 11.8. The number of rotatable bonds is 12. The molecule has 0 N–H and O–H groups in total. The van der Waals surface area contributed by atoms with E-state index in [1.54, 1.807) is 12.1 Å². The summed E-state index contributed by atoms with van der Waals surface area (Å²) in [6, 6.07) is 5.78. The first-order chi connectivity index (χ1) is 12.7. The maximum atomic E-state index is 10.4. The Morgan fingerprint density at radius 2 is 1.33 bits per heavy atom. The van der Waals surface area contributed by atoms with Gasteiger partial charge < -0.3 is 9.04 Å². The van der Waals surface area contributed by atoms with Gasteiger partial charge in [0.1, 0.15) is 15.6 Å². The van der Waals surface area contributed by atoms with Crippen molar-refractivity contribution in [2.45, 2.75) is 77.0 Å². The summed E-state index contributed by atoms with van der Waals surface area (Å²) in [5.74, 6) is 0. The number of halogens is 1. The second kappa shape index (κ2) is 14.6. The number of hydrogen-bond donors (Lipinski definition) is 0. The number of hydrogen-bond acceptors (Lipinski definition) is 3. The molecule has 0 saturated carbocycles. The third kappa shape index (κ3) is 13.4. The quantitative estimate of drug-likeness (QED) is 0.128. The molecular formula is C21H38BrNO3S. The molecule has 158 valence electrons. The Balaban J connectivity index is 0.000000533. The maximum Gasteiger partial charge on any atom is 0.134 e. The van der Waals surface area contributed by atoms with Crippen molar-refractivity contribution in [3.05, 3.63) is 29.8 Å². The van der Waals surface area contributed by atoms with Gasteiger partial charge in [0.05, 0.1) is 25.0 Å². The highest BCUT2D eigenvalue weighted by atomic mass is 79.9. The summed E-state index contributed by atoms with van der Waals surface area (Å²) in [6.07, 6.45) is 11.1. The molecule has 1 rings (SSSR count). The van der Waals surface area contributed by atoms with Gasteiger partial charge in [-0.1, -0.05) is 57.2 Å². The number of alkyl halides is 1. The molecule has 0 heterocycles. The van der Waals surface area contributed by atoms with E-state index in [2.05, 4.69) is 36.8 Å². The Labute approximate surface area is 175 Å². The third-order valence-corrected chi connectivity index (χ3v) is 6.76. The molecule has 27 heavy (non-hydrogen) atoms. The van der Waals surface area contributed by atoms with E-state index in [0.29, 0.717) is 0 Å². The predicted octanol–water partition coefficient (Wildman–Crippen LogP) is 5.85. The Bertz CT molecular complexity index is 576. The minimum atomic E-state index is -4.27. The summed E-state index contributed by atoms with van der Waals surface area (Å²) in [6.45, 7) is 9.07. The van der Waals surface area contributed by atoms with Crippen LogP contribution in [-0.2, 0) is 10.1 Å². The van der Waals surface area contributed by atoms with Crippen LogP contribution < -0.4 is 0 Å². The SMILES string of the molecule is CCCCCC[N+](C)(CBr)CCCCCC.Cc1ccc(S(=O)(=O)[O-])cc1. The van der Waals surface area contributed by atoms with Gasteiger partial charge in [0, 0.05) is 0 Å². The van der Waals surface area contributed by atoms with Crippen molar-refractivity contribution in [1.82, 2.24) is 0 Å². The van der Waals surface area contributed by atoms with Crippen LogP contribution in [-0.4, -0.2) is 43.0 Å². The molecule has 0 fully saturated rings. The van der Waals surface area contributed by atoms with E-state index in [0.717, 1.165) is 11.0 Å². The van der Waals surface area contributed by atoms with Crippen LogP contribution in [0.1, 0.15) is 70.8 Å². The van der Waals surface area contributed by atoms with Crippen LogP contribution in [0.4, 0.5) is 0 Å². The summed E-state index contributed by atoms with van der Waals surface area (Å²) in [5, 5.41) is 0. The molecule has 0 atom stereocenters. The fraction of sp³-hybridized carbons (Fsp3) is 0.714. The van der Waals surface area contributed by atoms with Crippen LogP contribution in [0, 0.1) is 6.92 Å². The molecule has 0 aliphatic rings. The van der Waals surface area contributed by atoms with E-state index in [4.69, 9.17) is 0 Å². The molecule has 1 aromatic rings. The van der Waals surface area contributed by atoms with E-state index in [1.807, 2.05) is 6.92 Å². The number of nitrogens with zero attached hydrogens (tertiary/aromatic N) is 1. The third-order valence-electron chi connectivity index (χ3n) is 4.70. The number of aryl methyl sites for hydroxylation is 1. The van der Waals surface area contributed by atoms with Gasteiger partial charge in [-0.25, -0.2) is 8.42 Å². The van der Waals surface area contributed by atoms with E-state index < -0.39 is 10.1 Å². The second-order valence-corrected chi connectivity index (χ2v) is 9.46. The van der Waals surface area contributed by atoms with Crippen molar-refractivity contribution in [1.29, 1.82) is 0 Å². The summed E-state index contributed by atoms with van der Waals surface area (Å²) >= 11 is 3.68. The molecule has 0 aliphatic heterocycles. The topological polar surface area (TPSA) is 57.2 Å². The summed E-state index contributed by atoms with van der Waals surface area (Å²) < 4.78 is 32.4. The molecule has 1 aromatic carbocycles. The predicted molar refractivity (Wildman–Crippen MR) is 117 cm³/mol. The highest BCUT2D eigenvalue weighted by Crippen LogP contribution is 2.13. The van der Waals surface area contributed by atoms with Gasteiger partial charge in [-0.2, -0.15) is 0 Å². The van der Waals surface area contributed by atoms with Crippen LogP contribution in [0.5, 0.6) is 0 Å². The molecule has 6 heteroatoms. The van der Waals surface area contributed by atoms with Gasteiger partial charge in [0.2, 0.25) is 0 Å². The first kappa shape index (κ1) is 26.6. The van der Waals surface area contributed by atoms with E-state index in [9.17, 15) is 13.0 Å². The largest absolute Gasteiger partial charge is 0.744 e. The summed E-state index contributed by atoms with van der Waals surface area (Å²) in [5.41, 5.74) is 2.04. The lowest BCUT2D eigenvalue weighted by Crippen LogP contribution is -2.44. The summed E-state index contributed by atoms with van der Waals surface area (Å²) in [4.78, 5) is -0.178. The van der Waals surface area contributed by atoms with Crippen molar-refractivity contribution >= 4 is 26.0 Å². The highest BCUT2D eigenvalue weighted by Gasteiger charge is 2.18. The van der Waals surface area contributed by atoms with E-state index in [-0.39, 0.29) is 4.90 Å². The van der Waals surface area contributed by atoms with Crippen LogP contribution in [0.3, 0.4) is 0 Å². The molecule has 0 radical (unpaired) electrons. The smallest absolute Gasteiger partial charge is 0.134 e. The average molecular weight is 465 g/mol. The second-order valence-electron chi connectivity index (χ2n) is 7.57. The molecule has 0 aliphatic carbocycles. The van der Waals surface area contributed by atoms with Gasteiger partial charge in [0.25, 0.3) is 0 Å². The molecule has 0 amide bonds. The lowest BCUT2D eigenvalue weighted by atomic mass is 10.1. The zero-order chi connectivity index (χ0) is 20.8. The van der Waals surface area contributed by atoms with E-state index >= 15 is 0 Å². The molecule has 0 unspecified atom stereocenters. The van der Waals surface area contributed by atoms with Crippen LogP contribution in [0.2, 0.25) is 0 Å². The van der Waals surface area contributed by atoms with Crippen molar-refractivity contribution in [3.63, 3.8) is 0 Å². The summed E-state index contributed by atoms with van der Waals surface area (Å²) in [7, 11) is -1.87. The molecule has 0 aromatic heterocycles. The Morgan fingerprint density at radius 1 is 0.889 bits per heavy atom. The van der Waals surface area contributed by atoms with Crippen LogP contribution in [0.25, 0.3) is 0 Å². The Morgan fingerprint density at radius 3 is 1.67 bits per heavy atom. The lowest BCUT2D eigenvalue weighted by molar-refractivity contribution is -0.896. The monoisotopic (exact) mass is 463 g/mol. The van der Waals surface area contributed by atoms with Gasteiger partial charge in [-0.05, 0) is 60.7 Å². The van der Waals surface area contributed by atoms with Gasteiger partial charge in [-0.15, -0.1) is 0 Å². The highest BCUT2D eigenvalue weighted by molar-refractivity contribution is 9.09. The molecule has 0 saturated heterocycles. The molecular weight excluding hydrogens is 426 g/mol. The van der Waals surface area contributed by atoms with Crippen molar-refractivity contribution in [3.8, 4) is 0 Å². The van der Waals surface area contributed by atoms with Gasteiger partial charge in [-0.3, -0.25) is 0 Å². The fourth-order valence-electron chi connectivity index (χ4n) is 2.78. The standard InChI is InChI=1S/C14H31BrN.C7H8O3S/c1-4-6-8-10-12-16(3,14-15)13-11-9-7-5-2;1-6-2-4-7(5-3-6)11(8,9)10/h4-14H2,1-3H3;2-5H,1H3,(H,8,9,10)/q+1;/p-1. The van der Waals surface area contributed by atoms with Crippen molar-refractivity contribution in [2.24, 2.45) is 0 Å².